The third-order valence-corrected chi connectivity index (χ3v) is 6.56. The van der Waals surface area contributed by atoms with Gasteiger partial charge in [-0.3, -0.25) is 0 Å². The molecule has 0 bridgehead atoms. The maximum Gasteiger partial charge on any atom is 0.203 e. The fourth-order valence-electron chi connectivity index (χ4n) is 4.69. The molecule has 0 heterocycles. The van der Waals surface area contributed by atoms with Crippen LogP contribution >= 0.6 is 0 Å². The molecule has 0 aromatic heterocycles. The van der Waals surface area contributed by atoms with Crippen LogP contribution in [0.15, 0.2) is 23.5 Å². The van der Waals surface area contributed by atoms with Gasteiger partial charge >= 0.3 is 0 Å². The van der Waals surface area contributed by atoms with E-state index in [0.29, 0.717) is 35.8 Å². The average Bonchev–Trinajstić information content (AvgIpc) is 2.76. The predicted octanol–water partition coefficient (Wildman–Crippen LogP) is 3.37. The van der Waals surface area contributed by atoms with Gasteiger partial charge in [-0.05, 0) is 48.1 Å². The minimum absolute atomic E-state index is 0.0244. The summed E-state index contributed by atoms with van der Waals surface area (Å²) >= 11 is 0. The Morgan fingerprint density at radius 1 is 0.903 bits per heavy atom. The number of hydrogen-bond acceptors (Lipinski definition) is 7. The first-order chi connectivity index (χ1) is 14.8. The van der Waals surface area contributed by atoms with Crippen LogP contribution in [0.1, 0.15) is 31.4 Å². The second-order valence-electron chi connectivity index (χ2n) is 8.32. The minimum Gasteiger partial charge on any atom is -0.498 e. The van der Waals surface area contributed by atoms with Gasteiger partial charge in [-0.15, -0.1) is 0 Å². The van der Waals surface area contributed by atoms with Crippen molar-refractivity contribution in [3.05, 3.63) is 34.6 Å². The second-order valence-corrected chi connectivity index (χ2v) is 8.32. The normalized spacial score (nSPS) is 28.0. The Kier molecular flexibility index (Phi) is 6.88. The molecule has 0 unspecified atom stereocenters. The zero-order chi connectivity index (χ0) is 22.9. The molecule has 1 aromatic rings. The quantitative estimate of drug-likeness (QED) is 0.736. The molecule has 0 fully saturated rings. The van der Waals surface area contributed by atoms with Crippen molar-refractivity contribution < 1.29 is 33.5 Å². The molecule has 0 saturated heterocycles. The highest BCUT2D eigenvalue weighted by Crippen LogP contribution is 2.51. The number of methoxy groups -OCH3 is 6. The monoisotopic (exact) mass is 434 g/mol. The van der Waals surface area contributed by atoms with Gasteiger partial charge in [0.05, 0.1) is 34.0 Å². The van der Waals surface area contributed by atoms with Gasteiger partial charge in [-0.1, -0.05) is 6.92 Å². The number of rotatable bonds is 6. The summed E-state index contributed by atoms with van der Waals surface area (Å²) in [6.07, 6.45) is 2.11. The number of fused-ring (bicyclic) bond motifs is 2. The van der Waals surface area contributed by atoms with Crippen LogP contribution < -0.4 is 14.2 Å². The molecule has 0 radical (unpaired) electrons. The number of aliphatic hydroxyl groups is 1. The molecule has 2 aliphatic rings. The van der Waals surface area contributed by atoms with E-state index in [1.165, 1.54) is 0 Å². The smallest absolute Gasteiger partial charge is 0.203 e. The van der Waals surface area contributed by atoms with E-state index in [-0.39, 0.29) is 5.92 Å². The summed E-state index contributed by atoms with van der Waals surface area (Å²) in [4.78, 5) is 0. The van der Waals surface area contributed by atoms with Crippen LogP contribution in [0.5, 0.6) is 17.2 Å². The van der Waals surface area contributed by atoms with E-state index >= 15 is 0 Å². The van der Waals surface area contributed by atoms with E-state index in [1.807, 2.05) is 26.0 Å². The largest absolute Gasteiger partial charge is 0.498 e. The first-order valence-corrected chi connectivity index (χ1v) is 10.4. The molecular weight excluding hydrogens is 400 g/mol. The van der Waals surface area contributed by atoms with E-state index in [0.717, 1.165) is 22.3 Å². The molecule has 31 heavy (non-hydrogen) atoms. The Hall–Kier alpha value is -2.22. The molecule has 0 amide bonds. The van der Waals surface area contributed by atoms with Crippen molar-refractivity contribution in [2.75, 3.05) is 42.7 Å². The molecule has 0 aliphatic heterocycles. The van der Waals surface area contributed by atoms with Crippen LogP contribution in [0.3, 0.4) is 0 Å². The standard InChI is InChI=1S/C24H34O7/c1-13-9-14-10-16(26-3)20(28-5)22(30-7)18(14)19-15(12-24(13,2)25)11-17(27-4)21(29-6)23(19)31-8/h10-11,13,21,23,25H,9,12H2,1-8H3/t13-,21+,23-,24-/m0/s1. The highest BCUT2D eigenvalue weighted by atomic mass is 16.6. The Bertz CT molecular complexity index is 884. The third-order valence-electron chi connectivity index (χ3n) is 6.56. The molecule has 1 N–H and O–H groups in total. The van der Waals surface area contributed by atoms with Crippen molar-refractivity contribution in [2.24, 2.45) is 5.92 Å². The fraction of sp³-hybridized carbons (Fsp3) is 0.583. The van der Waals surface area contributed by atoms with Gasteiger partial charge in [-0.2, -0.15) is 0 Å². The second kappa shape index (κ2) is 9.10. The van der Waals surface area contributed by atoms with E-state index in [4.69, 9.17) is 28.4 Å². The zero-order valence-electron chi connectivity index (χ0n) is 19.7. The Morgan fingerprint density at radius 3 is 2.06 bits per heavy atom. The van der Waals surface area contributed by atoms with E-state index in [9.17, 15) is 5.11 Å². The first-order valence-electron chi connectivity index (χ1n) is 10.4. The Labute approximate surface area is 184 Å². The summed E-state index contributed by atoms with van der Waals surface area (Å²) in [5.74, 6) is 2.29. The molecule has 3 rings (SSSR count). The summed E-state index contributed by atoms with van der Waals surface area (Å²) in [6.45, 7) is 3.92. The molecule has 7 heteroatoms. The van der Waals surface area contributed by atoms with Crippen LogP contribution in [0.25, 0.3) is 5.57 Å². The van der Waals surface area contributed by atoms with Gasteiger partial charge in [0, 0.05) is 26.2 Å². The lowest BCUT2D eigenvalue weighted by Crippen LogP contribution is -2.41. The van der Waals surface area contributed by atoms with Crippen LogP contribution in [-0.4, -0.2) is 65.6 Å². The summed E-state index contributed by atoms with van der Waals surface area (Å²) < 4.78 is 34.5. The van der Waals surface area contributed by atoms with Gasteiger partial charge in [0.25, 0.3) is 0 Å². The SMILES string of the molecule is COC1=CC2=C(c3c(cc(OC)c(OC)c3OC)C[C@H](C)[C@@](C)(O)C2)[C@H](OC)[C@@H]1OC. The maximum absolute atomic E-state index is 11.3. The molecule has 7 nitrogen and oxygen atoms in total. The van der Waals surface area contributed by atoms with Crippen molar-refractivity contribution in [1.82, 2.24) is 0 Å². The van der Waals surface area contributed by atoms with Crippen molar-refractivity contribution in [1.29, 1.82) is 0 Å². The Morgan fingerprint density at radius 2 is 1.55 bits per heavy atom. The number of ether oxygens (including phenoxy) is 6. The van der Waals surface area contributed by atoms with E-state index in [2.05, 4.69) is 0 Å². The van der Waals surface area contributed by atoms with Gasteiger partial charge in [0.1, 0.15) is 18.0 Å². The lowest BCUT2D eigenvalue weighted by Gasteiger charge is -2.40. The zero-order valence-corrected chi connectivity index (χ0v) is 19.7. The molecule has 172 valence electrons. The molecule has 0 spiro atoms. The van der Waals surface area contributed by atoms with Crippen molar-refractivity contribution in [3.63, 3.8) is 0 Å². The van der Waals surface area contributed by atoms with E-state index in [1.54, 1.807) is 42.7 Å². The molecule has 0 saturated carbocycles. The van der Waals surface area contributed by atoms with Crippen molar-refractivity contribution >= 4 is 5.57 Å². The van der Waals surface area contributed by atoms with Crippen LogP contribution in [-0.2, 0) is 20.6 Å². The molecule has 2 aliphatic carbocycles. The van der Waals surface area contributed by atoms with Crippen LogP contribution in [0.2, 0.25) is 0 Å². The predicted molar refractivity (Wildman–Crippen MR) is 118 cm³/mol. The summed E-state index contributed by atoms with van der Waals surface area (Å²) in [5.41, 5.74) is 2.75. The first kappa shape index (κ1) is 23.4. The minimum atomic E-state index is -0.938. The number of allylic oxidation sites excluding steroid dienone is 1. The molecule has 1 aromatic carbocycles. The molecule has 4 atom stereocenters. The van der Waals surface area contributed by atoms with Gasteiger partial charge in [-0.25, -0.2) is 0 Å². The number of hydrogen-bond donors (Lipinski definition) is 1. The Balaban J connectivity index is 2.45. The topological polar surface area (TPSA) is 75.6 Å². The maximum atomic E-state index is 11.3. The summed E-state index contributed by atoms with van der Waals surface area (Å²) in [5, 5.41) is 11.3. The van der Waals surface area contributed by atoms with Crippen LogP contribution in [0.4, 0.5) is 0 Å². The van der Waals surface area contributed by atoms with E-state index < -0.39 is 17.8 Å². The van der Waals surface area contributed by atoms with Gasteiger partial charge in [0.2, 0.25) is 5.75 Å². The molecular formula is C24H34O7. The third kappa shape index (κ3) is 3.90. The summed E-state index contributed by atoms with van der Waals surface area (Å²) in [6, 6.07) is 1.96. The highest BCUT2D eigenvalue weighted by molar-refractivity contribution is 5.85. The lowest BCUT2D eigenvalue weighted by molar-refractivity contribution is -0.0175. The van der Waals surface area contributed by atoms with Crippen molar-refractivity contribution in [3.8, 4) is 17.2 Å². The van der Waals surface area contributed by atoms with Crippen LogP contribution in [0, 0.1) is 5.92 Å². The van der Waals surface area contributed by atoms with Gasteiger partial charge < -0.3 is 33.5 Å². The average molecular weight is 435 g/mol. The fourth-order valence-corrected chi connectivity index (χ4v) is 4.69. The summed E-state index contributed by atoms with van der Waals surface area (Å²) in [7, 11) is 9.70. The van der Waals surface area contributed by atoms with Gasteiger partial charge in [0.15, 0.2) is 11.5 Å². The highest BCUT2D eigenvalue weighted by Gasteiger charge is 2.43. The lowest BCUT2D eigenvalue weighted by atomic mass is 9.72. The number of benzene rings is 1. The van der Waals surface area contributed by atoms with Crippen molar-refractivity contribution in [2.45, 2.75) is 44.5 Å².